The highest BCUT2D eigenvalue weighted by molar-refractivity contribution is 5.41. The molecule has 2 rings (SSSR count). The predicted molar refractivity (Wildman–Crippen MR) is 59.2 cm³/mol. The maximum Gasteiger partial charge on any atom is 0.271 e. The Kier molecular flexibility index (Phi) is 2.90. The lowest BCUT2D eigenvalue weighted by Crippen LogP contribution is -2.21. The maximum atomic E-state index is 13.7. The van der Waals surface area contributed by atoms with Crippen LogP contribution in [0.2, 0.25) is 0 Å². The fourth-order valence-electron chi connectivity index (χ4n) is 1.46. The second kappa shape index (κ2) is 4.37. The maximum absolute atomic E-state index is 13.7. The Morgan fingerprint density at radius 2 is 2.00 bits per heavy atom. The standard InChI is InChI=1S/C12H7F2N3O/c1-7-2-3-12(18)17(16-7)11-5-9(13)8(6-15)4-10(11)14/h2-5H,1H3. The molecule has 0 spiro atoms. The Balaban J connectivity index is 2.73. The van der Waals surface area contributed by atoms with Gasteiger partial charge in [0.05, 0.1) is 11.3 Å². The van der Waals surface area contributed by atoms with Crippen LogP contribution in [-0.4, -0.2) is 9.78 Å². The van der Waals surface area contributed by atoms with Crippen molar-refractivity contribution in [1.82, 2.24) is 9.78 Å². The fourth-order valence-corrected chi connectivity index (χ4v) is 1.46. The van der Waals surface area contributed by atoms with Gasteiger partial charge in [-0.05, 0) is 19.1 Å². The van der Waals surface area contributed by atoms with E-state index in [1.165, 1.54) is 18.2 Å². The zero-order valence-corrected chi connectivity index (χ0v) is 9.32. The Labute approximate surface area is 101 Å². The molecule has 0 unspecified atom stereocenters. The molecule has 0 amide bonds. The lowest BCUT2D eigenvalue weighted by Gasteiger charge is -2.07. The zero-order valence-electron chi connectivity index (χ0n) is 9.32. The minimum absolute atomic E-state index is 0.319. The largest absolute Gasteiger partial charge is 0.271 e. The molecular weight excluding hydrogens is 240 g/mol. The molecule has 1 aromatic heterocycles. The molecular formula is C12H7F2N3O. The van der Waals surface area contributed by atoms with Crippen LogP contribution in [0.4, 0.5) is 8.78 Å². The Bertz CT molecular complexity index is 716. The van der Waals surface area contributed by atoms with Crippen LogP contribution in [0.5, 0.6) is 0 Å². The molecule has 6 heteroatoms. The van der Waals surface area contributed by atoms with Crippen molar-refractivity contribution in [2.24, 2.45) is 0 Å². The zero-order chi connectivity index (χ0) is 13.3. The Morgan fingerprint density at radius 3 is 2.67 bits per heavy atom. The van der Waals surface area contributed by atoms with E-state index in [0.717, 1.165) is 16.8 Å². The van der Waals surface area contributed by atoms with Crippen molar-refractivity contribution in [2.45, 2.75) is 6.92 Å². The van der Waals surface area contributed by atoms with E-state index in [4.69, 9.17) is 5.26 Å². The number of nitriles is 1. The summed E-state index contributed by atoms with van der Waals surface area (Å²) in [5, 5.41) is 12.4. The fraction of sp³-hybridized carbons (Fsp3) is 0.0833. The van der Waals surface area contributed by atoms with Crippen LogP contribution in [0.3, 0.4) is 0 Å². The summed E-state index contributed by atoms with van der Waals surface area (Å²) in [4.78, 5) is 11.5. The molecule has 0 atom stereocenters. The average molecular weight is 247 g/mol. The number of aryl methyl sites for hydroxylation is 1. The van der Waals surface area contributed by atoms with E-state index in [9.17, 15) is 13.6 Å². The monoisotopic (exact) mass is 247 g/mol. The Morgan fingerprint density at radius 1 is 1.28 bits per heavy atom. The summed E-state index contributed by atoms with van der Waals surface area (Å²) in [6.07, 6.45) is 0. The number of rotatable bonds is 1. The van der Waals surface area contributed by atoms with Crippen LogP contribution >= 0.6 is 0 Å². The molecule has 90 valence electrons. The van der Waals surface area contributed by atoms with E-state index in [2.05, 4.69) is 5.10 Å². The second-order valence-electron chi connectivity index (χ2n) is 3.62. The number of benzene rings is 1. The van der Waals surface area contributed by atoms with Crippen molar-refractivity contribution in [3.05, 3.63) is 57.5 Å². The minimum Gasteiger partial charge on any atom is -0.267 e. The summed E-state index contributed by atoms with van der Waals surface area (Å²) >= 11 is 0. The quantitative estimate of drug-likeness (QED) is 0.770. The highest BCUT2D eigenvalue weighted by Gasteiger charge is 2.13. The molecule has 0 bridgehead atoms. The third kappa shape index (κ3) is 1.98. The van der Waals surface area contributed by atoms with E-state index < -0.39 is 22.8 Å². The molecule has 2 aromatic rings. The molecule has 0 aliphatic heterocycles. The van der Waals surface area contributed by atoms with Crippen LogP contribution in [-0.2, 0) is 0 Å². The topological polar surface area (TPSA) is 58.7 Å². The molecule has 0 aliphatic carbocycles. The van der Waals surface area contributed by atoms with E-state index in [1.807, 2.05) is 0 Å². The molecule has 0 N–H and O–H groups in total. The first-order valence-electron chi connectivity index (χ1n) is 4.99. The van der Waals surface area contributed by atoms with Gasteiger partial charge in [0.25, 0.3) is 5.56 Å². The predicted octanol–water partition coefficient (Wildman–Crippen LogP) is 1.69. The lowest BCUT2D eigenvalue weighted by molar-refractivity contribution is 0.579. The van der Waals surface area contributed by atoms with Crippen LogP contribution in [0.15, 0.2) is 29.1 Å². The van der Waals surface area contributed by atoms with Crippen molar-refractivity contribution >= 4 is 0 Å². The first kappa shape index (κ1) is 11.9. The summed E-state index contributed by atoms with van der Waals surface area (Å²) in [5.41, 5.74) is -0.834. The number of hydrogen-bond acceptors (Lipinski definition) is 3. The summed E-state index contributed by atoms with van der Waals surface area (Å²) < 4.78 is 27.9. The van der Waals surface area contributed by atoms with Gasteiger partial charge in [-0.25, -0.2) is 8.78 Å². The highest BCUT2D eigenvalue weighted by atomic mass is 19.1. The van der Waals surface area contributed by atoms with Gasteiger partial charge in [-0.15, -0.1) is 0 Å². The van der Waals surface area contributed by atoms with Crippen LogP contribution in [0.25, 0.3) is 5.69 Å². The van der Waals surface area contributed by atoms with Gasteiger partial charge in [-0.1, -0.05) is 0 Å². The molecule has 0 saturated heterocycles. The minimum atomic E-state index is -0.899. The molecule has 1 aromatic carbocycles. The summed E-state index contributed by atoms with van der Waals surface area (Å²) in [6, 6.07) is 5.71. The van der Waals surface area contributed by atoms with Gasteiger partial charge in [0.1, 0.15) is 17.6 Å². The molecule has 4 nitrogen and oxygen atoms in total. The van der Waals surface area contributed by atoms with E-state index in [1.54, 1.807) is 6.92 Å². The van der Waals surface area contributed by atoms with Gasteiger partial charge in [0.2, 0.25) is 0 Å². The SMILES string of the molecule is Cc1ccc(=O)n(-c2cc(F)c(C#N)cc2F)n1. The highest BCUT2D eigenvalue weighted by Crippen LogP contribution is 2.16. The van der Waals surface area contributed by atoms with E-state index in [-0.39, 0.29) is 5.69 Å². The number of hydrogen-bond donors (Lipinski definition) is 0. The van der Waals surface area contributed by atoms with Crippen molar-refractivity contribution < 1.29 is 8.78 Å². The van der Waals surface area contributed by atoms with E-state index >= 15 is 0 Å². The molecule has 0 fully saturated rings. The van der Waals surface area contributed by atoms with Crippen LogP contribution < -0.4 is 5.56 Å². The molecule has 0 aliphatic rings. The number of halogens is 2. The van der Waals surface area contributed by atoms with E-state index in [0.29, 0.717) is 5.69 Å². The van der Waals surface area contributed by atoms with Gasteiger partial charge in [0, 0.05) is 12.1 Å². The van der Waals surface area contributed by atoms with Crippen LogP contribution in [0.1, 0.15) is 11.3 Å². The lowest BCUT2D eigenvalue weighted by atomic mass is 10.2. The molecule has 18 heavy (non-hydrogen) atoms. The first-order valence-corrected chi connectivity index (χ1v) is 4.99. The average Bonchev–Trinajstić information content (AvgIpc) is 2.35. The molecule has 0 saturated carbocycles. The summed E-state index contributed by atoms with van der Waals surface area (Å²) in [6.45, 7) is 1.62. The summed E-state index contributed by atoms with van der Waals surface area (Å²) in [5.74, 6) is -1.78. The van der Waals surface area contributed by atoms with Crippen molar-refractivity contribution in [3.63, 3.8) is 0 Å². The molecule has 1 heterocycles. The Hall–Kier alpha value is -2.55. The van der Waals surface area contributed by atoms with Crippen LogP contribution in [0, 0.1) is 29.9 Å². The smallest absolute Gasteiger partial charge is 0.267 e. The number of nitrogens with zero attached hydrogens (tertiary/aromatic N) is 3. The number of aromatic nitrogens is 2. The molecule has 0 radical (unpaired) electrons. The normalized spacial score (nSPS) is 10.1. The van der Waals surface area contributed by atoms with Gasteiger partial charge >= 0.3 is 0 Å². The van der Waals surface area contributed by atoms with Crippen molar-refractivity contribution in [2.75, 3.05) is 0 Å². The first-order chi connectivity index (χ1) is 8.52. The third-order valence-electron chi connectivity index (χ3n) is 2.32. The van der Waals surface area contributed by atoms with Gasteiger partial charge in [0.15, 0.2) is 5.82 Å². The summed E-state index contributed by atoms with van der Waals surface area (Å²) in [7, 11) is 0. The van der Waals surface area contributed by atoms with Gasteiger partial charge < -0.3 is 0 Å². The van der Waals surface area contributed by atoms with Gasteiger partial charge in [-0.3, -0.25) is 4.79 Å². The third-order valence-corrected chi connectivity index (χ3v) is 2.32. The van der Waals surface area contributed by atoms with Crippen molar-refractivity contribution in [1.29, 1.82) is 5.26 Å². The van der Waals surface area contributed by atoms with Gasteiger partial charge in [-0.2, -0.15) is 15.0 Å². The second-order valence-corrected chi connectivity index (χ2v) is 3.62. The van der Waals surface area contributed by atoms with Crippen molar-refractivity contribution in [3.8, 4) is 11.8 Å².